The number of hydrogen-bond acceptors (Lipinski definition) is 7. The van der Waals surface area contributed by atoms with Crippen LogP contribution < -0.4 is 10.1 Å². The first kappa shape index (κ1) is 23.1. The number of nitrogens with zero attached hydrogens (tertiary/aromatic N) is 1. The number of methoxy groups -OCH3 is 1. The molecule has 1 aliphatic rings. The van der Waals surface area contributed by atoms with Crippen LogP contribution in [0.4, 0.5) is 10.5 Å². The van der Waals surface area contributed by atoms with E-state index in [0.717, 1.165) is 22.2 Å². The maximum absolute atomic E-state index is 12.5. The molecule has 2 aromatic carbocycles. The van der Waals surface area contributed by atoms with E-state index in [1.165, 1.54) is 14.0 Å². The van der Waals surface area contributed by atoms with E-state index in [9.17, 15) is 19.2 Å². The molecule has 0 aliphatic carbocycles. The summed E-state index contributed by atoms with van der Waals surface area (Å²) in [7, 11) is 1.20. The topological polar surface area (TPSA) is 102 Å². The molecule has 8 nitrogen and oxygen atoms in total. The number of ether oxygens (including phenoxy) is 2. The van der Waals surface area contributed by atoms with E-state index < -0.39 is 23.2 Å². The monoisotopic (exact) mass is 454 g/mol. The van der Waals surface area contributed by atoms with Gasteiger partial charge in [-0.1, -0.05) is 29.8 Å². The molecular formula is C23H22N2O6S. The number of carbonyl (C=O) groups is 4. The Morgan fingerprint density at radius 2 is 1.75 bits per heavy atom. The molecule has 0 bridgehead atoms. The van der Waals surface area contributed by atoms with Crippen molar-refractivity contribution < 1.29 is 28.7 Å². The lowest BCUT2D eigenvalue weighted by Crippen LogP contribution is -2.42. The molecule has 2 aromatic rings. The zero-order chi connectivity index (χ0) is 23.3. The number of thioether (sulfide) groups is 1. The second kappa shape index (κ2) is 10.1. The van der Waals surface area contributed by atoms with Crippen molar-refractivity contribution >= 4 is 46.5 Å². The molecule has 1 saturated heterocycles. The number of nitrogens with one attached hydrogen (secondary N) is 1. The number of carbonyl (C=O) groups excluding carboxylic acids is 4. The summed E-state index contributed by atoms with van der Waals surface area (Å²) in [4.78, 5) is 49.5. The van der Waals surface area contributed by atoms with Crippen molar-refractivity contribution in [2.45, 2.75) is 19.9 Å². The second-order valence-electron chi connectivity index (χ2n) is 7.02. The van der Waals surface area contributed by atoms with Crippen LogP contribution in [0.25, 0.3) is 6.08 Å². The predicted molar refractivity (Wildman–Crippen MR) is 121 cm³/mol. The molecule has 3 amide bonds. The lowest BCUT2D eigenvalue weighted by molar-refractivity contribution is -0.148. The Hall–Kier alpha value is -3.59. The van der Waals surface area contributed by atoms with Crippen LogP contribution in [0.15, 0.2) is 53.4 Å². The van der Waals surface area contributed by atoms with Crippen molar-refractivity contribution in [1.29, 1.82) is 0 Å². The van der Waals surface area contributed by atoms with Gasteiger partial charge in [0.2, 0.25) is 0 Å². The molecule has 1 aliphatic heterocycles. The minimum absolute atomic E-state index is 0.155. The fourth-order valence-corrected chi connectivity index (χ4v) is 3.79. The molecule has 0 aromatic heterocycles. The van der Waals surface area contributed by atoms with Crippen LogP contribution in [0, 0.1) is 6.92 Å². The van der Waals surface area contributed by atoms with Crippen LogP contribution in [-0.4, -0.2) is 47.7 Å². The first-order valence-electron chi connectivity index (χ1n) is 9.72. The van der Waals surface area contributed by atoms with Crippen molar-refractivity contribution in [2.24, 2.45) is 0 Å². The van der Waals surface area contributed by atoms with E-state index in [-0.39, 0.29) is 17.4 Å². The first-order chi connectivity index (χ1) is 15.3. The third kappa shape index (κ3) is 5.55. The Morgan fingerprint density at radius 1 is 1.09 bits per heavy atom. The van der Waals surface area contributed by atoms with Gasteiger partial charge in [0, 0.05) is 5.69 Å². The van der Waals surface area contributed by atoms with Gasteiger partial charge in [-0.05, 0) is 61.5 Å². The number of esters is 1. The van der Waals surface area contributed by atoms with Crippen LogP contribution in [0.2, 0.25) is 0 Å². The van der Waals surface area contributed by atoms with E-state index in [2.05, 4.69) is 10.1 Å². The molecule has 0 unspecified atom stereocenters. The predicted octanol–water partition coefficient (Wildman–Crippen LogP) is 3.61. The Balaban J connectivity index is 1.58. The summed E-state index contributed by atoms with van der Waals surface area (Å²) < 4.78 is 10.1. The van der Waals surface area contributed by atoms with Crippen molar-refractivity contribution in [3.63, 3.8) is 0 Å². The molecule has 1 fully saturated rings. The molecule has 9 heteroatoms. The van der Waals surface area contributed by atoms with E-state index in [1.54, 1.807) is 30.3 Å². The van der Waals surface area contributed by atoms with Crippen molar-refractivity contribution in [1.82, 2.24) is 4.90 Å². The molecular weight excluding hydrogens is 432 g/mol. The van der Waals surface area contributed by atoms with Gasteiger partial charge in [-0.25, -0.2) is 4.79 Å². The van der Waals surface area contributed by atoms with E-state index in [4.69, 9.17) is 4.74 Å². The first-order valence-corrected chi connectivity index (χ1v) is 10.5. The summed E-state index contributed by atoms with van der Waals surface area (Å²) in [6.07, 6.45) is 1.56. The maximum Gasteiger partial charge on any atom is 0.328 e. The van der Waals surface area contributed by atoms with Crippen LogP contribution in [0.3, 0.4) is 0 Å². The van der Waals surface area contributed by atoms with Crippen LogP contribution in [-0.2, 0) is 19.1 Å². The molecule has 3 rings (SSSR count). The van der Waals surface area contributed by atoms with Crippen molar-refractivity contribution in [3.8, 4) is 5.75 Å². The quantitative estimate of drug-likeness (QED) is 0.504. The number of anilines is 1. The SMILES string of the molecule is COC(=O)[C@H](C)N1C(=O)S/C(=C/c2ccc(OCC(=O)Nc3ccc(C)cc3)cc2)C1=O. The lowest BCUT2D eigenvalue weighted by atomic mass is 10.2. The average molecular weight is 455 g/mol. The van der Waals surface area contributed by atoms with Gasteiger partial charge in [0.25, 0.3) is 17.1 Å². The number of aryl methyl sites for hydroxylation is 1. The minimum Gasteiger partial charge on any atom is -0.484 e. The van der Waals surface area contributed by atoms with Crippen LogP contribution in [0.1, 0.15) is 18.1 Å². The minimum atomic E-state index is -1.000. The number of imide groups is 1. The van der Waals surface area contributed by atoms with Gasteiger partial charge < -0.3 is 14.8 Å². The van der Waals surface area contributed by atoms with E-state index in [0.29, 0.717) is 17.0 Å². The third-order valence-electron chi connectivity index (χ3n) is 4.64. The average Bonchev–Trinajstić information content (AvgIpc) is 3.06. The largest absolute Gasteiger partial charge is 0.484 e. The Kier molecular flexibility index (Phi) is 7.32. The highest BCUT2D eigenvalue weighted by atomic mass is 32.2. The highest BCUT2D eigenvalue weighted by Gasteiger charge is 2.41. The number of amides is 3. The smallest absolute Gasteiger partial charge is 0.328 e. The number of rotatable bonds is 7. The van der Waals surface area contributed by atoms with Gasteiger partial charge in [0.1, 0.15) is 11.8 Å². The van der Waals surface area contributed by atoms with Gasteiger partial charge in [-0.3, -0.25) is 19.3 Å². The molecule has 1 heterocycles. The zero-order valence-electron chi connectivity index (χ0n) is 17.8. The molecule has 0 radical (unpaired) electrons. The van der Waals surface area contributed by atoms with E-state index in [1.807, 2.05) is 31.2 Å². The molecule has 32 heavy (non-hydrogen) atoms. The van der Waals surface area contributed by atoms with E-state index >= 15 is 0 Å². The third-order valence-corrected chi connectivity index (χ3v) is 5.52. The highest BCUT2D eigenvalue weighted by Crippen LogP contribution is 2.34. The van der Waals surface area contributed by atoms with Crippen LogP contribution >= 0.6 is 11.8 Å². The summed E-state index contributed by atoms with van der Waals surface area (Å²) in [5.41, 5.74) is 2.45. The normalized spacial score (nSPS) is 15.6. The fourth-order valence-electron chi connectivity index (χ4n) is 2.88. The standard InChI is InChI=1S/C23H22N2O6S/c1-14-4-8-17(9-5-14)24-20(26)13-31-18-10-6-16(7-11-18)12-19-21(27)25(23(29)32-19)15(2)22(28)30-3/h4-12,15H,13H2,1-3H3,(H,24,26)/b19-12+/t15-/m0/s1. The maximum atomic E-state index is 12.5. The number of hydrogen-bond donors (Lipinski definition) is 1. The van der Waals surface area contributed by atoms with Crippen molar-refractivity contribution in [3.05, 3.63) is 64.6 Å². The second-order valence-corrected chi connectivity index (χ2v) is 8.02. The fraction of sp³-hybridized carbons (Fsp3) is 0.217. The van der Waals surface area contributed by atoms with Crippen molar-refractivity contribution in [2.75, 3.05) is 19.0 Å². The molecule has 0 spiro atoms. The number of benzene rings is 2. The Labute approximate surface area is 189 Å². The molecule has 1 N–H and O–H groups in total. The van der Waals surface area contributed by atoms with Gasteiger partial charge in [0.05, 0.1) is 12.0 Å². The van der Waals surface area contributed by atoms with Gasteiger partial charge in [-0.15, -0.1) is 0 Å². The van der Waals surface area contributed by atoms with Gasteiger partial charge in [0.15, 0.2) is 6.61 Å². The Bertz CT molecular complexity index is 1060. The summed E-state index contributed by atoms with van der Waals surface area (Å²) >= 11 is 0.760. The molecule has 1 atom stereocenters. The Morgan fingerprint density at radius 3 is 2.38 bits per heavy atom. The summed E-state index contributed by atoms with van der Waals surface area (Å²) in [6, 6.07) is 13.2. The molecule has 0 saturated carbocycles. The summed E-state index contributed by atoms with van der Waals surface area (Å²) in [5.74, 6) is -1.02. The summed E-state index contributed by atoms with van der Waals surface area (Å²) in [6.45, 7) is 3.25. The van der Waals surface area contributed by atoms with Gasteiger partial charge >= 0.3 is 5.97 Å². The lowest BCUT2D eigenvalue weighted by Gasteiger charge is -2.18. The highest BCUT2D eigenvalue weighted by molar-refractivity contribution is 8.18. The summed E-state index contributed by atoms with van der Waals surface area (Å²) in [5, 5.41) is 2.22. The molecule has 166 valence electrons. The van der Waals surface area contributed by atoms with Gasteiger partial charge in [-0.2, -0.15) is 0 Å². The van der Waals surface area contributed by atoms with Crippen LogP contribution in [0.5, 0.6) is 5.75 Å². The zero-order valence-corrected chi connectivity index (χ0v) is 18.6.